The van der Waals surface area contributed by atoms with E-state index in [1.165, 1.54) is 0 Å². The number of rotatable bonds is 5. The molecule has 0 aliphatic carbocycles. The SMILES string of the molecule is COc1cc(OC)c2c(=O)c3cc(N)c(Cl)cc3n(CCC(C)C)c2c1. The minimum atomic E-state index is -0.126. The van der Waals surface area contributed by atoms with Gasteiger partial charge in [0.2, 0.25) is 5.43 Å². The predicted octanol–water partition coefficient (Wildman–Crippen LogP) is 4.45. The molecule has 138 valence electrons. The zero-order valence-corrected chi connectivity index (χ0v) is 16.2. The number of hydrogen-bond acceptors (Lipinski definition) is 4. The molecule has 26 heavy (non-hydrogen) atoms. The van der Waals surface area contributed by atoms with Gasteiger partial charge in [-0.3, -0.25) is 4.79 Å². The van der Waals surface area contributed by atoms with Crippen LogP contribution in [0.3, 0.4) is 0 Å². The normalized spacial score (nSPS) is 11.5. The first-order valence-electron chi connectivity index (χ1n) is 8.54. The lowest BCUT2D eigenvalue weighted by molar-refractivity contribution is 0.397. The van der Waals surface area contributed by atoms with E-state index in [0.717, 1.165) is 24.0 Å². The number of nitrogens with two attached hydrogens (primary N) is 1. The molecule has 5 nitrogen and oxygen atoms in total. The molecule has 3 rings (SSSR count). The second-order valence-corrected chi connectivity index (χ2v) is 7.19. The third-order valence-electron chi connectivity index (χ3n) is 4.61. The van der Waals surface area contributed by atoms with Crippen molar-refractivity contribution in [1.82, 2.24) is 4.57 Å². The second-order valence-electron chi connectivity index (χ2n) is 6.78. The third kappa shape index (κ3) is 3.07. The number of hydrogen-bond donors (Lipinski definition) is 1. The number of aromatic nitrogens is 1. The van der Waals surface area contributed by atoms with Crippen LogP contribution in [0.5, 0.6) is 11.5 Å². The Morgan fingerprint density at radius 3 is 2.46 bits per heavy atom. The highest BCUT2D eigenvalue weighted by molar-refractivity contribution is 6.34. The maximum atomic E-state index is 13.2. The molecule has 6 heteroatoms. The van der Waals surface area contributed by atoms with Crippen LogP contribution in [0.4, 0.5) is 5.69 Å². The van der Waals surface area contributed by atoms with Crippen LogP contribution in [0.1, 0.15) is 20.3 Å². The summed E-state index contributed by atoms with van der Waals surface area (Å²) in [6, 6.07) is 7.00. The lowest BCUT2D eigenvalue weighted by Gasteiger charge is -2.19. The lowest BCUT2D eigenvalue weighted by atomic mass is 10.1. The van der Waals surface area contributed by atoms with Crippen LogP contribution in [0, 0.1) is 5.92 Å². The zero-order valence-electron chi connectivity index (χ0n) is 15.4. The number of benzene rings is 2. The number of nitrogen functional groups attached to an aromatic ring is 1. The van der Waals surface area contributed by atoms with E-state index in [4.69, 9.17) is 26.8 Å². The van der Waals surface area contributed by atoms with Gasteiger partial charge < -0.3 is 19.8 Å². The molecule has 0 aliphatic rings. The van der Waals surface area contributed by atoms with E-state index in [1.807, 2.05) is 6.07 Å². The number of methoxy groups -OCH3 is 2. The number of halogens is 1. The Balaban J connectivity index is 2.51. The molecule has 0 aliphatic heterocycles. The maximum Gasteiger partial charge on any atom is 0.201 e. The molecule has 0 amide bonds. The van der Waals surface area contributed by atoms with Crippen molar-refractivity contribution in [2.75, 3.05) is 20.0 Å². The Morgan fingerprint density at radius 1 is 1.12 bits per heavy atom. The molecule has 0 bridgehead atoms. The van der Waals surface area contributed by atoms with E-state index in [0.29, 0.717) is 38.9 Å². The Labute approximate surface area is 157 Å². The van der Waals surface area contributed by atoms with Crippen LogP contribution in [-0.4, -0.2) is 18.8 Å². The van der Waals surface area contributed by atoms with Crippen molar-refractivity contribution < 1.29 is 9.47 Å². The highest BCUT2D eigenvalue weighted by atomic mass is 35.5. The van der Waals surface area contributed by atoms with Crippen molar-refractivity contribution in [2.24, 2.45) is 5.92 Å². The first-order valence-corrected chi connectivity index (χ1v) is 8.92. The number of ether oxygens (including phenoxy) is 2. The van der Waals surface area contributed by atoms with Crippen LogP contribution in [0.15, 0.2) is 29.1 Å². The molecule has 0 fully saturated rings. The number of aryl methyl sites for hydroxylation is 1. The Bertz CT molecular complexity index is 1040. The summed E-state index contributed by atoms with van der Waals surface area (Å²) >= 11 is 6.25. The molecular weight excluding hydrogens is 352 g/mol. The van der Waals surface area contributed by atoms with Crippen LogP contribution in [0.25, 0.3) is 21.8 Å². The fraction of sp³-hybridized carbons (Fsp3) is 0.350. The van der Waals surface area contributed by atoms with Crippen LogP contribution in [0.2, 0.25) is 5.02 Å². The van der Waals surface area contributed by atoms with E-state index in [-0.39, 0.29) is 5.43 Å². The van der Waals surface area contributed by atoms with E-state index in [9.17, 15) is 4.79 Å². The summed E-state index contributed by atoms with van der Waals surface area (Å²) in [6.45, 7) is 5.07. The van der Waals surface area contributed by atoms with Gasteiger partial charge in [0.15, 0.2) is 0 Å². The summed E-state index contributed by atoms with van der Waals surface area (Å²) in [6.07, 6.45) is 0.953. The van der Waals surface area contributed by atoms with Gasteiger partial charge in [0.25, 0.3) is 0 Å². The van der Waals surface area contributed by atoms with Crippen molar-refractivity contribution in [2.45, 2.75) is 26.8 Å². The summed E-state index contributed by atoms with van der Waals surface area (Å²) in [5.74, 6) is 1.63. The van der Waals surface area contributed by atoms with Crippen molar-refractivity contribution in [3.63, 3.8) is 0 Å². The lowest BCUT2D eigenvalue weighted by Crippen LogP contribution is -2.14. The molecule has 0 spiro atoms. The van der Waals surface area contributed by atoms with Crippen LogP contribution in [-0.2, 0) is 6.54 Å². The van der Waals surface area contributed by atoms with Gasteiger partial charge in [0, 0.05) is 24.1 Å². The predicted molar refractivity (Wildman–Crippen MR) is 108 cm³/mol. The Kier molecular flexibility index (Phi) is 5.01. The number of fused-ring (bicyclic) bond motifs is 2. The average Bonchev–Trinajstić information content (AvgIpc) is 2.62. The molecule has 1 aromatic heterocycles. The minimum Gasteiger partial charge on any atom is -0.497 e. The van der Waals surface area contributed by atoms with Gasteiger partial charge in [-0.25, -0.2) is 0 Å². The largest absolute Gasteiger partial charge is 0.497 e. The molecule has 2 N–H and O–H groups in total. The fourth-order valence-electron chi connectivity index (χ4n) is 3.17. The molecule has 0 saturated heterocycles. The van der Waals surface area contributed by atoms with Crippen LogP contribution < -0.4 is 20.6 Å². The van der Waals surface area contributed by atoms with Gasteiger partial charge in [0.1, 0.15) is 11.5 Å². The summed E-state index contributed by atoms with van der Waals surface area (Å²) < 4.78 is 13.0. The van der Waals surface area contributed by atoms with E-state index in [1.54, 1.807) is 32.4 Å². The zero-order chi connectivity index (χ0) is 19.0. The Hall–Kier alpha value is -2.40. The quantitative estimate of drug-likeness (QED) is 0.529. The van der Waals surface area contributed by atoms with E-state index >= 15 is 0 Å². The number of pyridine rings is 1. The standard InChI is InChI=1S/C20H23ClN2O3/c1-11(2)5-6-23-16-10-14(21)15(22)9-13(16)20(24)19-17(23)7-12(25-3)8-18(19)26-4/h7-11H,5-6,22H2,1-4H3. The molecule has 0 saturated carbocycles. The van der Waals surface area contributed by atoms with Gasteiger partial charge in [-0.05, 0) is 24.5 Å². The van der Waals surface area contributed by atoms with Crippen molar-refractivity contribution >= 4 is 39.1 Å². The molecule has 0 unspecified atom stereocenters. The van der Waals surface area contributed by atoms with Gasteiger partial charge in [-0.2, -0.15) is 0 Å². The average molecular weight is 375 g/mol. The molecule has 1 heterocycles. The summed E-state index contributed by atoms with van der Waals surface area (Å²) in [7, 11) is 3.14. The highest BCUT2D eigenvalue weighted by Gasteiger charge is 2.18. The molecule has 3 aromatic rings. The monoisotopic (exact) mass is 374 g/mol. The number of nitrogens with zero attached hydrogens (tertiary/aromatic N) is 1. The topological polar surface area (TPSA) is 66.5 Å². The summed E-state index contributed by atoms with van der Waals surface area (Å²) in [5, 5.41) is 1.49. The first kappa shape index (κ1) is 18.4. The highest BCUT2D eigenvalue weighted by Crippen LogP contribution is 2.33. The minimum absolute atomic E-state index is 0.126. The van der Waals surface area contributed by atoms with Gasteiger partial charge in [-0.15, -0.1) is 0 Å². The Morgan fingerprint density at radius 2 is 1.85 bits per heavy atom. The van der Waals surface area contributed by atoms with Crippen molar-refractivity contribution in [3.05, 3.63) is 39.5 Å². The van der Waals surface area contributed by atoms with E-state index < -0.39 is 0 Å². The molecule has 0 atom stereocenters. The first-order chi connectivity index (χ1) is 12.4. The van der Waals surface area contributed by atoms with Gasteiger partial charge >= 0.3 is 0 Å². The smallest absolute Gasteiger partial charge is 0.201 e. The maximum absolute atomic E-state index is 13.2. The summed E-state index contributed by atoms with van der Waals surface area (Å²) in [4.78, 5) is 13.2. The summed E-state index contributed by atoms with van der Waals surface area (Å²) in [5.41, 5.74) is 7.74. The van der Waals surface area contributed by atoms with Crippen molar-refractivity contribution in [3.8, 4) is 11.5 Å². The van der Waals surface area contributed by atoms with Gasteiger partial charge in [-0.1, -0.05) is 25.4 Å². The van der Waals surface area contributed by atoms with Crippen molar-refractivity contribution in [1.29, 1.82) is 0 Å². The number of anilines is 1. The molecule has 0 radical (unpaired) electrons. The van der Waals surface area contributed by atoms with E-state index in [2.05, 4.69) is 18.4 Å². The van der Waals surface area contributed by atoms with Gasteiger partial charge in [0.05, 0.1) is 41.3 Å². The fourth-order valence-corrected chi connectivity index (χ4v) is 3.33. The van der Waals surface area contributed by atoms with Crippen LogP contribution >= 0.6 is 11.6 Å². The third-order valence-corrected chi connectivity index (χ3v) is 4.94. The molecular formula is C20H23ClN2O3. The molecule has 2 aromatic carbocycles. The second kappa shape index (κ2) is 7.08.